The van der Waals surface area contributed by atoms with Crippen molar-refractivity contribution >= 4 is 27.4 Å². The highest BCUT2D eigenvalue weighted by Gasteiger charge is 2.16. The second-order valence-corrected chi connectivity index (χ2v) is 7.10. The van der Waals surface area contributed by atoms with E-state index in [1.165, 1.54) is 11.6 Å². The van der Waals surface area contributed by atoms with Gasteiger partial charge in [-0.2, -0.15) is 9.61 Å². The molecule has 0 aliphatic carbocycles. The molecule has 136 valence electrons. The van der Waals surface area contributed by atoms with Gasteiger partial charge < -0.3 is 5.32 Å². The Balaban J connectivity index is 1.83. The second-order valence-electron chi connectivity index (χ2n) is 6.25. The Morgan fingerprint density at radius 2 is 1.85 bits per heavy atom. The van der Waals surface area contributed by atoms with Crippen molar-refractivity contribution < 1.29 is 4.39 Å². The molecule has 2 aromatic heterocycles. The molecule has 0 bridgehead atoms. The van der Waals surface area contributed by atoms with Gasteiger partial charge in [-0.25, -0.2) is 9.37 Å². The van der Waals surface area contributed by atoms with Crippen LogP contribution in [0.15, 0.2) is 71.3 Å². The highest BCUT2D eigenvalue weighted by atomic mass is 79.9. The summed E-state index contributed by atoms with van der Waals surface area (Å²) in [4.78, 5) is 4.61. The predicted octanol–water partition coefficient (Wildman–Crippen LogP) is 5.86. The van der Waals surface area contributed by atoms with Crippen molar-refractivity contribution in [1.82, 2.24) is 14.6 Å². The van der Waals surface area contributed by atoms with Crippen molar-refractivity contribution in [3.63, 3.8) is 0 Å². The van der Waals surface area contributed by atoms with E-state index < -0.39 is 0 Å². The zero-order valence-corrected chi connectivity index (χ0v) is 16.3. The maximum atomic E-state index is 14.3. The maximum Gasteiger partial charge on any atom is 0.172 e. The zero-order valence-electron chi connectivity index (χ0n) is 14.7. The molecule has 0 spiro atoms. The van der Waals surface area contributed by atoms with Crippen LogP contribution in [0.5, 0.6) is 0 Å². The van der Waals surface area contributed by atoms with Crippen LogP contribution in [0.25, 0.3) is 16.9 Å². The first-order valence-electron chi connectivity index (χ1n) is 8.78. The van der Waals surface area contributed by atoms with Crippen molar-refractivity contribution in [3.8, 4) is 11.3 Å². The van der Waals surface area contributed by atoms with E-state index >= 15 is 0 Å². The van der Waals surface area contributed by atoms with Crippen LogP contribution in [0.1, 0.15) is 24.9 Å². The maximum absolute atomic E-state index is 14.3. The standard InChI is InChI=1S/C21H18BrFN4/c1-2-18(14-8-4-3-5-9-14)25-20-12-19(15-10-6-7-11-17(15)23)26-21-16(22)13-24-27(20)21/h3-13,18,25H,2H2,1H3/t18-/m0/s1. The fraction of sp³-hybridized carbons (Fsp3) is 0.143. The molecule has 4 nitrogen and oxygen atoms in total. The van der Waals surface area contributed by atoms with E-state index in [0.717, 1.165) is 16.7 Å². The van der Waals surface area contributed by atoms with Crippen molar-refractivity contribution in [2.45, 2.75) is 19.4 Å². The Bertz CT molecular complexity index is 1080. The lowest BCUT2D eigenvalue weighted by atomic mass is 10.0. The molecular formula is C21H18BrFN4. The van der Waals surface area contributed by atoms with Gasteiger partial charge in [0.15, 0.2) is 5.65 Å². The van der Waals surface area contributed by atoms with Crippen molar-refractivity contribution in [2.24, 2.45) is 0 Å². The predicted molar refractivity (Wildman–Crippen MR) is 109 cm³/mol. The van der Waals surface area contributed by atoms with E-state index in [2.05, 4.69) is 50.4 Å². The van der Waals surface area contributed by atoms with Crippen LogP contribution in [-0.4, -0.2) is 14.6 Å². The normalized spacial score (nSPS) is 12.3. The quantitative estimate of drug-likeness (QED) is 0.436. The first-order chi connectivity index (χ1) is 13.2. The third-order valence-corrected chi connectivity index (χ3v) is 5.07. The average Bonchev–Trinajstić information content (AvgIpc) is 3.08. The number of halogens is 2. The van der Waals surface area contributed by atoms with Crippen LogP contribution >= 0.6 is 15.9 Å². The minimum atomic E-state index is -0.300. The smallest absolute Gasteiger partial charge is 0.172 e. The van der Waals surface area contributed by atoms with Crippen LogP contribution in [0.4, 0.5) is 10.2 Å². The molecule has 1 N–H and O–H groups in total. The number of benzene rings is 2. The summed E-state index contributed by atoms with van der Waals surface area (Å²) in [5.41, 5.74) is 2.85. The van der Waals surface area contributed by atoms with Crippen molar-refractivity contribution in [3.05, 3.63) is 82.7 Å². The number of aromatic nitrogens is 3. The third kappa shape index (κ3) is 3.45. The van der Waals surface area contributed by atoms with Gasteiger partial charge in [-0.05, 0) is 40.0 Å². The first-order valence-corrected chi connectivity index (χ1v) is 9.57. The van der Waals surface area contributed by atoms with E-state index in [9.17, 15) is 4.39 Å². The number of fused-ring (bicyclic) bond motifs is 1. The van der Waals surface area contributed by atoms with Gasteiger partial charge in [-0.1, -0.05) is 49.4 Å². The monoisotopic (exact) mass is 424 g/mol. The van der Waals surface area contributed by atoms with Crippen LogP contribution in [0, 0.1) is 5.82 Å². The van der Waals surface area contributed by atoms with Gasteiger partial charge in [0, 0.05) is 11.6 Å². The van der Waals surface area contributed by atoms with E-state index in [0.29, 0.717) is 16.9 Å². The fourth-order valence-corrected chi connectivity index (χ4v) is 3.48. The van der Waals surface area contributed by atoms with E-state index in [1.54, 1.807) is 22.8 Å². The molecule has 0 fully saturated rings. The molecule has 0 saturated heterocycles. The van der Waals surface area contributed by atoms with Crippen LogP contribution in [-0.2, 0) is 0 Å². The summed E-state index contributed by atoms with van der Waals surface area (Å²) in [5, 5.41) is 7.96. The number of rotatable bonds is 5. The minimum absolute atomic E-state index is 0.105. The molecule has 2 aromatic carbocycles. The SMILES string of the molecule is CC[C@H](Nc1cc(-c2ccccc2F)nc2c(Br)cnn12)c1ccccc1. The largest absolute Gasteiger partial charge is 0.363 e. The van der Waals surface area contributed by atoms with Gasteiger partial charge >= 0.3 is 0 Å². The average molecular weight is 425 g/mol. The molecule has 27 heavy (non-hydrogen) atoms. The topological polar surface area (TPSA) is 42.2 Å². The van der Waals surface area contributed by atoms with Gasteiger partial charge in [-0.15, -0.1) is 0 Å². The zero-order chi connectivity index (χ0) is 18.8. The number of anilines is 1. The molecule has 0 unspecified atom stereocenters. The highest BCUT2D eigenvalue weighted by Crippen LogP contribution is 2.30. The fourth-order valence-electron chi connectivity index (χ4n) is 3.13. The minimum Gasteiger partial charge on any atom is -0.363 e. The Hall–Kier alpha value is -2.73. The molecule has 0 aliphatic rings. The molecule has 4 rings (SSSR count). The van der Waals surface area contributed by atoms with Gasteiger partial charge in [0.05, 0.1) is 22.4 Å². The Kier molecular flexibility index (Phi) is 4.90. The highest BCUT2D eigenvalue weighted by molar-refractivity contribution is 9.10. The van der Waals surface area contributed by atoms with Crippen molar-refractivity contribution in [1.29, 1.82) is 0 Å². The molecule has 1 atom stereocenters. The van der Waals surface area contributed by atoms with E-state index in [4.69, 9.17) is 0 Å². The number of nitrogens with zero attached hydrogens (tertiary/aromatic N) is 3. The molecule has 0 aliphatic heterocycles. The number of hydrogen-bond acceptors (Lipinski definition) is 3. The van der Waals surface area contributed by atoms with Gasteiger partial charge in [0.25, 0.3) is 0 Å². The molecule has 4 aromatic rings. The summed E-state index contributed by atoms with van der Waals surface area (Å²) in [7, 11) is 0. The lowest BCUT2D eigenvalue weighted by Crippen LogP contribution is -2.13. The Morgan fingerprint density at radius 3 is 2.59 bits per heavy atom. The molecule has 0 amide bonds. The molecule has 6 heteroatoms. The first kappa shape index (κ1) is 17.7. The van der Waals surface area contributed by atoms with Crippen LogP contribution < -0.4 is 5.32 Å². The summed E-state index contributed by atoms with van der Waals surface area (Å²) in [6.07, 6.45) is 2.59. The van der Waals surface area contributed by atoms with Crippen LogP contribution in [0.2, 0.25) is 0 Å². The van der Waals surface area contributed by atoms with Crippen molar-refractivity contribution in [2.75, 3.05) is 5.32 Å². The summed E-state index contributed by atoms with van der Waals surface area (Å²) < 4.78 is 16.8. The lowest BCUT2D eigenvalue weighted by molar-refractivity contribution is 0.630. The van der Waals surface area contributed by atoms with Gasteiger partial charge in [0.1, 0.15) is 11.6 Å². The summed E-state index contributed by atoms with van der Waals surface area (Å²) in [6, 6.07) is 18.8. The third-order valence-electron chi connectivity index (χ3n) is 4.51. The lowest BCUT2D eigenvalue weighted by Gasteiger charge is -2.20. The second kappa shape index (κ2) is 7.48. The number of hydrogen-bond donors (Lipinski definition) is 1. The van der Waals surface area contributed by atoms with E-state index in [-0.39, 0.29) is 11.9 Å². The molecule has 0 radical (unpaired) electrons. The Morgan fingerprint density at radius 1 is 1.11 bits per heavy atom. The summed E-state index contributed by atoms with van der Waals surface area (Å²) >= 11 is 3.49. The number of nitrogens with one attached hydrogen (secondary N) is 1. The molecule has 0 saturated carbocycles. The summed E-state index contributed by atoms with van der Waals surface area (Å²) in [5.74, 6) is 0.464. The van der Waals surface area contributed by atoms with Gasteiger partial charge in [0.2, 0.25) is 0 Å². The van der Waals surface area contributed by atoms with Gasteiger partial charge in [-0.3, -0.25) is 0 Å². The molecule has 2 heterocycles. The molecular weight excluding hydrogens is 407 g/mol. The Labute approximate surface area is 165 Å². The van der Waals surface area contributed by atoms with E-state index in [1.807, 2.05) is 30.3 Å². The summed E-state index contributed by atoms with van der Waals surface area (Å²) in [6.45, 7) is 2.12. The van der Waals surface area contributed by atoms with Crippen LogP contribution in [0.3, 0.4) is 0 Å².